The second-order valence-electron chi connectivity index (χ2n) is 3.83. The largest absolute Gasteiger partial charge is 0.389 e. The van der Waals surface area contributed by atoms with Gasteiger partial charge in [-0.25, -0.2) is 4.98 Å². The molecule has 0 saturated carbocycles. The number of hydrogen-bond acceptors (Lipinski definition) is 4. The predicted octanol–water partition coefficient (Wildman–Crippen LogP) is 1.77. The van der Waals surface area contributed by atoms with Gasteiger partial charge in [0, 0.05) is 30.7 Å². The number of nitrogens with one attached hydrogen (secondary N) is 1. The lowest BCUT2D eigenvalue weighted by Crippen LogP contribution is -2.11. The van der Waals surface area contributed by atoms with Crippen LogP contribution in [-0.4, -0.2) is 21.5 Å². The highest BCUT2D eigenvalue weighted by Gasteiger charge is 1.98. The summed E-state index contributed by atoms with van der Waals surface area (Å²) in [6.45, 7) is 0.811. The summed E-state index contributed by atoms with van der Waals surface area (Å²) in [6, 6.07) is 7.72. The van der Waals surface area contributed by atoms with Crippen LogP contribution < -0.4 is 11.1 Å². The van der Waals surface area contributed by atoms with E-state index in [1.54, 1.807) is 12.4 Å². The summed E-state index contributed by atoms with van der Waals surface area (Å²) in [6.07, 6.45) is 6.22. The molecule has 0 aromatic carbocycles. The van der Waals surface area contributed by atoms with Gasteiger partial charge in [0.1, 0.15) is 10.8 Å². The Morgan fingerprint density at radius 1 is 1.28 bits per heavy atom. The molecule has 2 heterocycles. The van der Waals surface area contributed by atoms with Crippen molar-refractivity contribution in [3.63, 3.8) is 0 Å². The number of rotatable bonds is 5. The van der Waals surface area contributed by atoms with Crippen LogP contribution in [0.15, 0.2) is 42.9 Å². The van der Waals surface area contributed by atoms with Gasteiger partial charge in [0.15, 0.2) is 0 Å². The molecule has 0 spiro atoms. The van der Waals surface area contributed by atoms with Crippen LogP contribution in [0.1, 0.15) is 11.1 Å². The van der Waals surface area contributed by atoms with Crippen molar-refractivity contribution < 1.29 is 0 Å². The molecule has 0 aliphatic carbocycles. The first kappa shape index (κ1) is 12.4. The molecule has 18 heavy (non-hydrogen) atoms. The van der Waals surface area contributed by atoms with E-state index >= 15 is 0 Å². The molecule has 4 nitrogen and oxygen atoms in total. The zero-order valence-corrected chi connectivity index (χ0v) is 10.7. The Balaban J connectivity index is 1.85. The number of thiocarbonyl (C=S) groups is 1. The Morgan fingerprint density at radius 3 is 2.78 bits per heavy atom. The fourth-order valence-electron chi connectivity index (χ4n) is 1.53. The lowest BCUT2D eigenvalue weighted by Gasteiger charge is -2.06. The molecule has 0 aliphatic rings. The molecular weight excluding hydrogens is 244 g/mol. The molecule has 0 unspecified atom stereocenters. The van der Waals surface area contributed by atoms with E-state index < -0.39 is 0 Å². The zero-order valence-electron chi connectivity index (χ0n) is 9.84. The van der Waals surface area contributed by atoms with Crippen LogP contribution in [-0.2, 0) is 6.42 Å². The van der Waals surface area contributed by atoms with Gasteiger partial charge in [0.2, 0.25) is 0 Å². The Hall–Kier alpha value is -2.01. The van der Waals surface area contributed by atoms with Gasteiger partial charge in [-0.2, -0.15) is 0 Å². The summed E-state index contributed by atoms with van der Waals surface area (Å²) in [5, 5.41) is 3.24. The molecule has 0 saturated heterocycles. The average molecular weight is 258 g/mol. The van der Waals surface area contributed by atoms with Crippen molar-refractivity contribution in [1.82, 2.24) is 9.97 Å². The first-order chi connectivity index (χ1) is 8.75. The summed E-state index contributed by atoms with van der Waals surface area (Å²) in [4.78, 5) is 8.67. The van der Waals surface area contributed by atoms with Crippen LogP contribution in [0.2, 0.25) is 0 Å². The smallest absolute Gasteiger partial charge is 0.125 e. The van der Waals surface area contributed by atoms with E-state index in [-0.39, 0.29) is 0 Å². The summed E-state index contributed by atoms with van der Waals surface area (Å²) >= 11 is 4.87. The Morgan fingerprint density at radius 2 is 2.17 bits per heavy atom. The topological polar surface area (TPSA) is 63.8 Å². The van der Waals surface area contributed by atoms with Gasteiger partial charge in [0.05, 0.1) is 0 Å². The number of aromatic nitrogens is 2. The molecular formula is C13H14N4S. The lowest BCUT2D eigenvalue weighted by molar-refractivity contribution is 0.994. The van der Waals surface area contributed by atoms with Crippen molar-refractivity contribution in [3.05, 3.63) is 54.0 Å². The zero-order chi connectivity index (χ0) is 12.8. The van der Waals surface area contributed by atoms with Crippen LogP contribution in [0, 0.1) is 0 Å². The predicted molar refractivity (Wildman–Crippen MR) is 76.6 cm³/mol. The molecule has 2 aromatic heterocycles. The summed E-state index contributed by atoms with van der Waals surface area (Å²) in [5.74, 6) is 0.818. The highest BCUT2D eigenvalue weighted by Crippen LogP contribution is 2.05. The number of pyridine rings is 2. The first-order valence-electron chi connectivity index (χ1n) is 5.64. The number of hydrogen-bond donors (Lipinski definition) is 2. The van der Waals surface area contributed by atoms with Gasteiger partial charge in [-0.05, 0) is 30.2 Å². The van der Waals surface area contributed by atoms with E-state index in [1.807, 2.05) is 24.4 Å². The molecule has 0 aliphatic heterocycles. The standard InChI is InChI=1S/C13H14N4S/c14-13(18)11-3-4-12(17-9-11)16-7-5-10-2-1-6-15-8-10/h1-4,6,8-9H,5,7H2,(H2,14,18)(H,16,17). The number of nitrogens with two attached hydrogens (primary N) is 1. The Kier molecular flexibility index (Phi) is 4.20. The first-order valence-corrected chi connectivity index (χ1v) is 6.05. The van der Waals surface area contributed by atoms with Crippen molar-refractivity contribution >= 4 is 23.0 Å². The van der Waals surface area contributed by atoms with Crippen molar-refractivity contribution in [2.24, 2.45) is 5.73 Å². The van der Waals surface area contributed by atoms with Crippen molar-refractivity contribution in [3.8, 4) is 0 Å². The second-order valence-corrected chi connectivity index (χ2v) is 4.27. The minimum Gasteiger partial charge on any atom is -0.389 e. The third-order valence-electron chi connectivity index (χ3n) is 2.49. The second kappa shape index (κ2) is 6.07. The van der Waals surface area contributed by atoms with Crippen LogP contribution in [0.25, 0.3) is 0 Å². The van der Waals surface area contributed by atoms with Gasteiger partial charge in [-0.1, -0.05) is 18.3 Å². The Labute approximate surface area is 111 Å². The summed E-state index contributed by atoms with van der Waals surface area (Å²) in [7, 11) is 0. The van der Waals surface area contributed by atoms with Crippen LogP contribution in [0.5, 0.6) is 0 Å². The molecule has 0 fully saturated rings. The molecule has 2 aromatic rings. The van der Waals surface area contributed by atoms with Crippen LogP contribution >= 0.6 is 12.2 Å². The van der Waals surface area contributed by atoms with E-state index in [9.17, 15) is 0 Å². The number of nitrogens with zero attached hydrogens (tertiary/aromatic N) is 2. The lowest BCUT2D eigenvalue weighted by atomic mass is 10.2. The number of anilines is 1. The van der Waals surface area contributed by atoms with Gasteiger partial charge < -0.3 is 11.1 Å². The third kappa shape index (κ3) is 3.49. The summed E-state index contributed by atoms with van der Waals surface area (Å²) < 4.78 is 0. The van der Waals surface area contributed by atoms with Crippen LogP contribution in [0.4, 0.5) is 5.82 Å². The van der Waals surface area contributed by atoms with E-state index in [4.69, 9.17) is 18.0 Å². The maximum atomic E-state index is 5.50. The minimum atomic E-state index is 0.365. The maximum absolute atomic E-state index is 5.50. The molecule has 5 heteroatoms. The van der Waals surface area contributed by atoms with Crippen LogP contribution in [0.3, 0.4) is 0 Å². The third-order valence-corrected chi connectivity index (χ3v) is 2.73. The van der Waals surface area contributed by atoms with E-state index in [2.05, 4.69) is 21.4 Å². The molecule has 0 bridgehead atoms. The van der Waals surface area contributed by atoms with Gasteiger partial charge in [-0.15, -0.1) is 0 Å². The maximum Gasteiger partial charge on any atom is 0.125 e. The van der Waals surface area contributed by atoms with E-state index in [1.165, 1.54) is 5.56 Å². The molecule has 3 N–H and O–H groups in total. The highest BCUT2D eigenvalue weighted by molar-refractivity contribution is 7.80. The SMILES string of the molecule is NC(=S)c1ccc(NCCc2cccnc2)nc1. The monoisotopic (exact) mass is 258 g/mol. The average Bonchev–Trinajstić information content (AvgIpc) is 2.40. The van der Waals surface area contributed by atoms with Gasteiger partial charge >= 0.3 is 0 Å². The van der Waals surface area contributed by atoms with Gasteiger partial charge in [0.25, 0.3) is 0 Å². The summed E-state index contributed by atoms with van der Waals surface area (Å²) in [5.41, 5.74) is 7.48. The fraction of sp³-hybridized carbons (Fsp3) is 0.154. The van der Waals surface area contributed by atoms with Crippen molar-refractivity contribution in [1.29, 1.82) is 0 Å². The molecule has 0 radical (unpaired) electrons. The highest BCUT2D eigenvalue weighted by atomic mass is 32.1. The van der Waals surface area contributed by atoms with E-state index in [0.717, 1.165) is 24.3 Å². The molecule has 92 valence electrons. The van der Waals surface area contributed by atoms with Gasteiger partial charge in [-0.3, -0.25) is 4.98 Å². The van der Waals surface area contributed by atoms with Crippen molar-refractivity contribution in [2.75, 3.05) is 11.9 Å². The van der Waals surface area contributed by atoms with Crippen molar-refractivity contribution in [2.45, 2.75) is 6.42 Å². The molecule has 0 amide bonds. The molecule has 0 atom stereocenters. The quantitative estimate of drug-likeness (QED) is 0.800. The molecule has 2 rings (SSSR count). The normalized spacial score (nSPS) is 10.0. The fourth-order valence-corrected chi connectivity index (χ4v) is 1.65. The Bertz CT molecular complexity index is 510. The van der Waals surface area contributed by atoms with E-state index in [0.29, 0.717) is 4.99 Å². The minimum absolute atomic E-state index is 0.365.